The van der Waals surface area contributed by atoms with E-state index in [1.165, 1.54) is 0 Å². The van der Waals surface area contributed by atoms with Gasteiger partial charge in [-0.2, -0.15) is 0 Å². The van der Waals surface area contributed by atoms with Crippen LogP contribution in [0.1, 0.15) is 20.8 Å². The Kier molecular flexibility index (Phi) is 5.72. The number of piperazine rings is 1. The first-order valence-corrected chi connectivity index (χ1v) is 9.89. The van der Waals surface area contributed by atoms with Crippen molar-refractivity contribution in [2.75, 3.05) is 33.3 Å². The summed E-state index contributed by atoms with van der Waals surface area (Å²) in [5.41, 5.74) is 1.42. The fraction of sp³-hybridized carbons (Fsp3) is 0.227. The highest BCUT2D eigenvalue weighted by molar-refractivity contribution is 6.33. The molecule has 0 atom stereocenters. The summed E-state index contributed by atoms with van der Waals surface area (Å²) in [4.78, 5) is 28.9. The topological polar surface area (TPSA) is 75.9 Å². The van der Waals surface area contributed by atoms with Crippen LogP contribution >= 0.6 is 11.6 Å². The van der Waals surface area contributed by atoms with E-state index < -0.39 is 0 Å². The number of para-hydroxylation sites is 1. The molecule has 4 rings (SSSR count). The number of hydrogen-bond acceptors (Lipinski definition) is 5. The first-order valence-electron chi connectivity index (χ1n) is 9.51. The molecule has 1 aromatic heterocycles. The molecule has 1 aliphatic rings. The second kappa shape index (κ2) is 8.59. The molecule has 2 heterocycles. The van der Waals surface area contributed by atoms with E-state index in [9.17, 15) is 9.59 Å². The average Bonchev–Trinajstić information content (AvgIpc) is 3.28. The zero-order valence-corrected chi connectivity index (χ0v) is 17.1. The van der Waals surface area contributed by atoms with E-state index in [0.717, 1.165) is 5.56 Å². The van der Waals surface area contributed by atoms with Gasteiger partial charge in [-0.05, 0) is 24.3 Å². The van der Waals surface area contributed by atoms with Gasteiger partial charge in [0.15, 0.2) is 11.5 Å². The standard InChI is InChI=1S/C22H20ClN3O4/c1-29-19-9-5-3-7-16(19)20-14-18(24-30-20)22(28)26-12-10-25(11-13-26)21(27)15-6-2-4-8-17(15)23/h2-9,14H,10-13H2,1H3. The third kappa shape index (κ3) is 3.89. The van der Waals surface area contributed by atoms with Crippen molar-refractivity contribution >= 4 is 23.4 Å². The van der Waals surface area contributed by atoms with Crippen molar-refractivity contribution in [1.29, 1.82) is 0 Å². The summed E-state index contributed by atoms with van der Waals surface area (Å²) in [6.07, 6.45) is 0. The molecule has 0 aliphatic carbocycles. The van der Waals surface area contributed by atoms with Gasteiger partial charge in [0.05, 0.1) is 23.3 Å². The average molecular weight is 426 g/mol. The second-order valence-electron chi connectivity index (χ2n) is 6.84. The van der Waals surface area contributed by atoms with E-state index in [1.807, 2.05) is 24.3 Å². The van der Waals surface area contributed by atoms with Gasteiger partial charge in [-0.1, -0.05) is 41.0 Å². The number of nitrogens with zero attached hydrogens (tertiary/aromatic N) is 3. The molecule has 0 N–H and O–H groups in total. The van der Waals surface area contributed by atoms with Crippen LogP contribution in [0.5, 0.6) is 5.75 Å². The number of carbonyl (C=O) groups excluding carboxylic acids is 2. The van der Waals surface area contributed by atoms with Gasteiger partial charge in [0.1, 0.15) is 5.75 Å². The Labute approximate surface area is 178 Å². The Balaban J connectivity index is 1.42. The molecule has 2 amide bonds. The van der Waals surface area contributed by atoms with Crippen LogP contribution in [0.4, 0.5) is 0 Å². The van der Waals surface area contributed by atoms with Crippen LogP contribution in [0.25, 0.3) is 11.3 Å². The number of methoxy groups -OCH3 is 1. The normalized spacial score (nSPS) is 13.9. The smallest absolute Gasteiger partial charge is 0.276 e. The van der Waals surface area contributed by atoms with Crippen molar-refractivity contribution in [3.05, 3.63) is 70.9 Å². The monoisotopic (exact) mass is 425 g/mol. The van der Waals surface area contributed by atoms with Gasteiger partial charge >= 0.3 is 0 Å². The van der Waals surface area contributed by atoms with Gasteiger partial charge in [0, 0.05) is 32.2 Å². The van der Waals surface area contributed by atoms with Crippen LogP contribution in [0, 0.1) is 0 Å². The summed E-state index contributed by atoms with van der Waals surface area (Å²) >= 11 is 6.13. The molecule has 1 saturated heterocycles. The van der Waals surface area contributed by atoms with E-state index in [2.05, 4.69) is 5.16 Å². The third-order valence-corrected chi connectivity index (χ3v) is 5.39. The lowest BCUT2D eigenvalue weighted by atomic mass is 10.1. The largest absolute Gasteiger partial charge is 0.496 e. The molecule has 0 radical (unpaired) electrons. The minimum Gasteiger partial charge on any atom is -0.496 e. The molecule has 2 aromatic carbocycles. The number of carbonyl (C=O) groups is 2. The van der Waals surface area contributed by atoms with E-state index in [1.54, 1.807) is 47.2 Å². The summed E-state index contributed by atoms with van der Waals surface area (Å²) in [5, 5.41) is 4.36. The predicted octanol–water partition coefficient (Wildman–Crippen LogP) is 3.60. The number of amides is 2. The van der Waals surface area contributed by atoms with E-state index >= 15 is 0 Å². The van der Waals surface area contributed by atoms with Gasteiger partial charge in [0.25, 0.3) is 11.8 Å². The van der Waals surface area contributed by atoms with Gasteiger partial charge in [-0.25, -0.2) is 0 Å². The molecule has 8 heteroatoms. The highest BCUT2D eigenvalue weighted by atomic mass is 35.5. The zero-order valence-electron chi connectivity index (χ0n) is 16.4. The Morgan fingerprint density at radius 1 is 0.967 bits per heavy atom. The number of halogens is 1. The van der Waals surface area contributed by atoms with Crippen LogP contribution in [-0.4, -0.2) is 60.1 Å². The van der Waals surface area contributed by atoms with Crippen molar-refractivity contribution in [2.24, 2.45) is 0 Å². The molecular weight excluding hydrogens is 406 g/mol. The summed E-state index contributed by atoms with van der Waals surface area (Å²) < 4.78 is 10.7. The van der Waals surface area contributed by atoms with E-state index in [0.29, 0.717) is 48.3 Å². The van der Waals surface area contributed by atoms with Gasteiger partial charge in [-0.3, -0.25) is 9.59 Å². The van der Waals surface area contributed by atoms with Gasteiger partial charge in [0.2, 0.25) is 0 Å². The minimum atomic E-state index is -0.232. The fourth-order valence-electron chi connectivity index (χ4n) is 3.43. The van der Waals surface area contributed by atoms with Crippen LogP contribution in [0.2, 0.25) is 5.02 Å². The Morgan fingerprint density at radius 3 is 2.30 bits per heavy atom. The highest BCUT2D eigenvalue weighted by Gasteiger charge is 2.28. The SMILES string of the molecule is COc1ccccc1-c1cc(C(=O)N2CCN(C(=O)c3ccccc3Cl)CC2)no1. The van der Waals surface area contributed by atoms with Crippen LogP contribution in [0.3, 0.4) is 0 Å². The first-order chi connectivity index (χ1) is 14.6. The summed E-state index contributed by atoms with van der Waals surface area (Å²) in [7, 11) is 1.57. The van der Waals surface area contributed by atoms with Gasteiger partial charge in [-0.15, -0.1) is 0 Å². The van der Waals surface area contributed by atoms with Crippen molar-refractivity contribution in [2.45, 2.75) is 0 Å². The lowest BCUT2D eigenvalue weighted by molar-refractivity contribution is 0.0530. The molecule has 1 fully saturated rings. The molecule has 30 heavy (non-hydrogen) atoms. The zero-order chi connectivity index (χ0) is 21.1. The van der Waals surface area contributed by atoms with Gasteiger partial charge < -0.3 is 19.1 Å². The molecule has 0 saturated carbocycles. The lowest BCUT2D eigenvalue weighted by Crippen LogP contribution is -2.50. The number of hydrogen-bond donors (Lipinski definition) is 0. The number of aromatic nitrogens is 1. The predicted molar refractivity (Wildman–Crippen MR) is 112 cm³/mol. The summed E-state index contributed by atoms with van der Waals surface area (Å²) in [5.74, 6) is 0.736. The minimum absolute atomic E-state index is 0.132. The summed E-state index contributed by atoms with van der Waals surface area (Å²) in [6, 6.07) is 15.9. The molecule has 1 aliphatic heterocycles. The third-order valence-electron chi connectivity index (χ3n) is 5.06. The maximum Gasteiger partial charge on any atom is 0.276 e. The molecule has 0 spiro atoms. The van der Waals surface area contributed by atoms with Crippen molar-refractivity contribution in [3.63, 3.8) is 0 Å². The fourth-order valence-corrected chi connectivity index (χ4v) is 3.65. The van der Waals surface area contributed by atoms with Crippen LogP contribution in [-0.2, 0) is 0 Å². The lowest BCUT2D eigenvalue weighted by Gasteiger charge is -2.34. The quantitative estimate of drug-likeness (QED) is 0.638. The molecule has 0 unspecified atom stereocenters. The Morgan fingerprint density at radius 2 is 1.60 bits per heavy atom. The van der Waals surface area contributed by atoms with Crippen molar-refractivity contribution in [1.82, 2.24) is 15.0 Å². The molecule has 3 aromatic rings. The Hall–Kier alpha value is -3.32. The number of ether oxygens (including phenoxy) is 1. The molecular formula is C22H20ClN3O4. The van der Waals surface area contributed by atoms with E-state index in [4.69, 9.17) is 20.9 Å². The van der Waals surface area contributed by atoms with Crippen molar-refractivity contribution in [3.8, 4) is 17.1 Å². The molecule has 154 valence electrons. The molecule has 7 nitrogen and oxygen atoms in total. The Bertz CT molecular complexity index is 1070. The van der Waals surface area contributed by atoms with Crippen LogP contribution in [0.15, 0.2) is 59.1 Å². The summed E-state index contributed by atoms with van der Waals surface area (Å²) in [6.45, 7) is 1.66. The van der Waals surface area contributed by atoms with E-state index in [-0.39, 0.29) is 17.5 Å². The van der Waals surface area contributed by atoms with Crippen LogP contribution < -0.4 is 4.74 Å². The second-order valence-corrected chi connectivity index (χ2v) is 7.25. The van der Waals surface area contributed by atoms with Crippen molar-refractivity contribution < 1.29 is 18.8 Å². The number of rotatable bonds is 4. The molecule has 0 bridgehead atoms. The maximum atomic E-state index is 12.8. The highest BCUT2D eigenvalue weighted by Crippen LogP contribution is 2.30. The first kappa shape index (κ1) is 20.0. The maximum absolute atomic E-state index is 12.8. The number of benzene rings is 2.